The van der Waals surface area contributed by atoms with Gasteiger partial charge in [0.2, 0.25) is 0 Å². The van der Waals surface area contributed by atoms with Gasteiger partial charge >= 0.3 is 5.97 Å². The molecule has 6 nitrogen and oxygen atoms in total. The summed E-state index contributed by atoms with van der Waals surface area (Å²) < 4.78 is 5.00. The van der Waals surface area contributed by atoms with Gasteiger partial charge in [0.1, 0.15) is 9.88 Å². The number of primary amides is 1. The first-order chi connectivity index (χ1) is 12.9. The second-order valence-corrected chi connectivity index (χ2v) is 6.88. The Balaban J connectivity index is 1.95. The molecular formula is C20H18N2O4S. The molecule has 0 unspecified atom stereocenters. The van der Waals surface area contributed by atoms with E-state index in [1.165, 1.54) is 0 Å². The monoisotopic (exact) mass is 382 g/mol. The second-order valence-electron chi connectivity index (χ2n) is 5.86. The summed E-state index contributed by atoms with van der Waals surface area (Å²) in [7, 11) is 0. The van der Waals surface area contributed by atoms with E-state index >= 15 is 0 Å². The van der Waals surface area contributed by atoms with Crippen LogP contribution >= 0.6 is 11.3 Å². The smallest absolute Gasteiger partial charge is 0.348 e. The van der Waals surface area contributed by atoms with Crippen LogP contribution in [0.1, 0.15) is 42.9 Å². The molecule has 0 aliphatic heterocycles. The SMILES string of the molecule is CCOC(=O)c1sc(NC(=O)c2ccc3ccccc3c2)c(C(N)=O)c1C. The number of nitrogens with two attached hydrogens (primary N) is 1. The van der Waals surface area contributed by atoms with E-state index in [0.29, 0.717) is 11.1 Å². The summed E-state index contributed by atoms with van der Waals surface area (Å²) in [6.07, 6.45) is 0. The molecule has 2 amide bonds. The van der Waals surface area contributed by atoms with Crippen LogP contribution in [0, 0.1) is 6.92 Å². The molecule has 0 radical (unpaired) electrons. The summed E-state index contributed by atoms with van der Waals surface area (Å²) in [5.74, 6) is -1.65. The van der Waals surface area contributed by atoms with Gasteiger partial charge in [0.05, 0.1) is 12.2 Å². The van der Waals surface area contributed by atoms with Gasteiger partial charge < -0.3 is 15.8 Å². The van der Waals surface area contributed by atoms with Crippen LogP contribution in [0.5, 0.6) is 0 Å². The van der Waals surface area contributed by atoms with Crippen LogP contribution in [-0.4, -0.2) is 24.4 Å². The number of ether oxygens (including phenoxy) is 1. The lowest BCUT2D eigenvalue weighted by atomic mass is 10.1. The van der Waals surface area contributed by atoms with Crippen LogP contribution in [0.25, 0.3) is 10.8 Å². The summed E-state index contributed by atoms with van der Waals surface area (Å²) in [5, 5.41) is 4.88. The standard InChI is InChI=1S/C20H18N2O4S/c1-3-26-20(25)16-11(2)15(17(21)23)19(27-16)22-18(24)14-9-8-12-6-4-5-7-13(12)10-14/h4-10H,3H2,1-2H3,(H2,21,23)(H,22,24). The predicted molar refractivity (Wildman–Crippen MR) is 105 cm³/mol. The Morgan fingerprint density at radius 2 is 1.81 bits per heavy atom. The maximum Gasteiger partial charge on any atom is 0.348 e. The van der Waals surface area contributed by atoms with Gasteiger partial charge in [0, 0.05) is 5.56 Å². The Bertz CT molecular complexity index is 1060. The lowest BCUT2D eigenvalue weighted by Gasteiger charge is -2.06. The highest BCUT2D eigenvalue weighted by Gasteiger charge is 2.25. The van der Waals surface area contributed by atoms with Crippen molar-refractivity contribution in [3.8, 4) is 0 Å². The maximum absolute atomic E-state index is 12.7. The topological polar surface area (TPSA) is 98.5 Å². The fourth-order valence-corrected chi connectivity index (χ4v) is 3.90. The number of hydrogen-bond acceptors (Lipinski definition) is 5. The number of esters is 1. The average molecular weight is 382 g/mol. The molecule has 138 valence electrons. The second kappa shape index (κ2) is 7.59. The third-order valence-corrected chi connectivity index (χ3v) is 5.28. The minimum absolute atomic E-state index is 0.122. The van der Waals surface area contributed by atoms with Crippen LogP contribution < -0.4 is 11.1 Å². The summed E-state index contributed by atoms with van der Waals surface area (Å²) in [4.78, 5) is 36.9. The third-order valence-electron chi connectivity index (χ3n) is 4.09. The number of thiophene rings is 1. The average Bonchev–Trinajstić information content (AvgIpc) is 2.97. The fraction of sp³-hybridized carbons (Fsp3) is 0.150. The Hall–Kier alpha value is -3.19. The highest BCUT2D eigenvalue weighted by Crippen LogP contribution is 2.33. The molecule has 0 saturated carbocycles. The lowest BCUT2D eigenvalue weighted by Crippen LogP contribution is -2.17. The molecule has 3 N–H and O–H groups in total. The summed E-state index contributed by atoms with van der Waals surface area (Å²) in [5.41, 5.74) is 6.42. The van der Waals surface area contributed by atoms with Gasteiger partial charge in [-0.2, -0.15) is 0 Å². The molecule has 0 aliphatic rings. The number of anilines is 1. The molecular weight excluding hydrogens is 364 g/mol. The van der Waals surface area contributed by atoms with E-state index in [2.05, 4.69) is 5.32 Å². The van der Waals surface area contributed by atoms with Crippen LogP contribution in [0.15, 0.2) is 42.5 Å². The van der Waals surface area contributed by atoms with Crippen molar-refractivity contribution < 1.29 is 19.1 Å². The van der Waals surface area contributed by atoms with Gasteiger partial charge in [-0.05, 0) is 42.3 Å². The zero-order valence-electron chi connectivity index (χ0n) is 14.9. The van der Waals surface area contributed by atoms with Gasteiger partial charge in [-0.3, -0.25) is 9.59 Å². The molecule has 1 aromatic heterocycles. The number of carbonyl (C=O) groups excluding carboxylic acids is 3. The largest absolute Gasteiger partial charge is 0.462 e. The molecule has 3 rings (SSSR count). The van der Waals surface area contributed by atoms with Gasteiger partial charge in [0.25, 0.3) is 11.8 Å². The van der Waals surface area contributed by atoms with Crippen molar-refractivity contribution in [2.75, 3.05) is 11.9 Å². The first kappa shape index (κ1) is 18.6. The lowest BCUT2D eigenvalue weighted by molar-refractivity contribution is 0.0531. The molecule has 0 spiro atoms. The van der Waals surface area contributed by atoms with E-state index in [1.807, 2.05) is 30.3 Å². The van der Waals surface area contributed by atoms with Crippen molar-refractivity contribution in [1.29, 1.82) is 0 Å². The van der Waals surface area contributed by atoms with Gasteiger partial charge in [-0.1, -0.05) is 30.3 Å². The van der Waals surface area contributed by atoms with E-state index in [1.54, 1.807) is 26.0 Å². The van der Waals surface area contributed by atoms with E-state index in [4.69, 9.17) is 10.5 Å². The molecule has 0 atom stereocenters. The fourth-order valence-electron chi connectivity index (χ4n) is 2.80. The number of amides is 2. The molecule has 27 heavy (non-hydrogen) atoms. The number of carbonyl (C=O) groups is 3. The highest BCUT2D eigenvalue weighted by molar-refractivity contribution is 7.18. The van der Waals surface area contributed by atoms with E-state index in [0.717, 1.165) is 22.1 Å². The van der Waals surface area contributed by atoms with E-state index in [-0.39, 0.29) is 28.0 Å². The molecule has 2 aromatic carbocycles. The van der Waals surface area contributed by atoms with Crippen molar-refractivity contribution in [2.24, 2.45) is 5.73 Å². The normalized spacial score (nSPS) is 10.6. The van der Waals surface area contributed by atoms with Crippen molar-refractivity contribution in [3.05, 3.63) is 64.0 Å². The Morgan fingerprint density at radius 1 is 1.11 bits per heavy atom. The van der Waals surface area contributed by atoms with Crippen LogP contribution in [-0.2, 0) is 4.74 Å². The van der Waals surface area contributed by atoms with Crippen LogP contribution in [0.4, 0.5) is 5.00 Å². The Morgan fingerprint density at radius 3 is 2.48 bits per heavy atom. The summed E-state index contributed by atoms with van der Waals surface area (Å²) >= 11 is 0.982. The zero-order valence-corrected chi connectivity index (χ0v) is 15.7. The molecule has 7 heteroatoms. The minimum atomic E-state index is -0.715. The number of fused-ring (bicyclic) bond motifs is 1. The molecule has 0 saturated heterocycles. The molecule has 0 fully saturated rings. The molecule has 0 aliphatic carbocycles. The quantitative estimate of drug-likeness (QED) is 0.657. The van der Waals surface area contributed by atoms with Gasteiger partial charge in [-0.25, -0.2) is 4.79 Å². The first-order valence-corrected chi connectivity index (χ1v) is 9.14. The maximum atomic E-state index is 12.7. The van der Waals surface area contributed by atoms with Crippen molar-refractivity contribution >= 4 is 44.9 Å². The summed E-state index contributed by atoms with van der Waals surface area (Å²) in [6.45, 7) is 3.51. The van der Waals surface area contributed by atoms with Gasteiger partial charge in [0.15, 0.2) is 0 Å². The first-order valence-electron chi connectivity index (χ1n) is 8.32. The molecule has 1 heterocycles. The Kier molecular flexibility index (Phi) is 5.23. The highest BCUT2D eigenvalue weighted by atomic mass is 32.1. The third kappa shape index (κ3) is 3.68. The predicted octanol–water partition coefficient (Wildman–Crippen LogP) is 3.74. The van der Waals surface area contributed by atoms with Crippen LogP contribution in [0.3, 0.4) is 0 Å². The number of nitrogens with one attached hydrogen (secondary N) is 1. The number of hydrogen-bond donors (Lipinski definition) is 2. The Labute approximate surface area is 159 Å². The minimum Gasteiger partial charge on any atom is -0.462 e. The number of rotatable bonds is 5. The van der Waals surface area contributed by atoms with Crippen molar-refractivity contribution in [1.82, 2.24) is 0 Å². The van der Waals surface area contributed by atoms with Crippen molar-refractivity contribution in [2.45, 2.75) is 13.8 Å². The van der Waals surface area contributed by atoms with E-state index < -0.39 is 11.9 Å². The van der Waals surface area contributed by atoms with Crippen molar-refractivity contribution in [3.63, 3.8) is 0 Å². The summed E-state index contributed by atoms with van der Waals surface area (Å²) in [6, 6.07) is 13.0. The number of benzene rings is 2. The molecule has 0 bridgehead atoms. The van der Waals surface area contributed by atoms with Gasteiger partial charge in [-0.15, -0.1) is 11.3 Å². The van der Waals surface area contributed by atoms with E-state index in [9.17, 15) is 14.4 Å². The molecule has 3 aromatic rings. The van der Waals surface area contributed by atoms with Crippen LogP contribution in [0.2, 0.25) is 0 Å². The zero-order chi connectivity index (χ0) is 19.6.